The first-order valence-electron chi connectivity index (χ1n) is 10.0. The minimum atomic E-state index is -5.08. The molecule has 1 atom stereocenters. The smallest absolute Gasteiger partial charge is 0.475 e. The van der Waals surface area contributed by atoms with Gasteiger partial charge in [0.25, 0.3) is 5.91 Å². The van der Waals surface area contributed by atoms with Crippen molar-refractivity contribution in [3.8, 4) is 0 Å². The van der Waals surface area contributed by atoms with Crippen molar-refractivity contribution in [2.45, 2.75) is 31.5 Å². The molecule has 7 nitrogen and oxygen atoms in total. The van der Waals surface area contributed by atoms with Gasteiger partial charge in [-0.3, -0.25) is 9.48 Å². The number of hydrogen-bond donors (Lipinski definition) is 1. The first-order valence-corrected chi connectivity index (χ1v) is 10.0. The molecular formula is C21H23F4N3O4. The van der Waals surface area contributed by atoms with Gasteiger partial charge in [0, 0.05) is 25.8 Å². The van der Waals surface area contributed by atoms with E-state index < -0.39 is 12.1 Å². The molecule has 1 unspecified atom stereocenters. The molecule has 2 heterocycles. The summed E-state index contributed by atoms with van der Waals surface area (Å²) < 4.78 is 52.7. The highest BCUT2D eigenvalue weighted by Crippen LogP contribution is 2.33. The highest BCUT2D eigenvalue weighted by Gasteiger charge is 2.38. The van der Waals surface area contributed by atoms with Crippen molar-refractivity contribution < 1.29 is 37.0 Å². The Morgan fingerprint density at radius 2 is 1.81 bits per heavy atom. The number of rotatable bonds is 5. The Labute approximate surface area is 181 Å². The fourth-order valence-electron chi connectivity index (χ4n) is 3.46. The Kier molecular flexibility index (Phi) is 7.17. The van der Waals surface area contributed by atoms with E-state index in [4.69, 9.17) is 14.6 Å². The summed E-state index contributed by atoms with van der Waals surface area (Å²) in [5, 5.41) is 11.5. The number of aliphatic carboxylic acids is 1. The zero-order valence-corrected chi connectivity index (χ0v) is 17.3. The lowest BCUT2D eigenvalue weighted by molar-refractivity contribution is -0.192. The maximum atomic E-state index is 13.2. The number of nitrogens with zero attached hydrogens (tertiary/aromatic N) is 3. The number of alkyl halides is 3. The number of aryl methyl sites for hydroxylation is 1. The number of aromatic nitrogens is 2. The topological polar surface area (TPSA) is 84.7 Å². The minimum absolute atomic E-state index is 0.0909. The molecule has 0 radical (unpaired) electrons. The highest BCUT2D eigenvalue weighted by atomic mass is 19.4. The third kappa shape index (κ3) is 5.84. The van der Waals surface area contributed by atoms with E-state index in [1.165, 1.54) is 30.5 Å². The number of ether oxygens (including phenoxy) is 1. The van der Waals surface area contributed by atoms with Gasteiger partial charge < -0.3 is 14.7 Å². The molecule has 2 aromatic rings. The van der Waals surface area contributed by atoms with Crippen LogP contribution >= 0.6 is 0 Å². The van der Waals surface area contributed by atoms with Gasteiger partial charge in [0.2, 0.25) is 0 Å². The van der Waals surface area contributed by atoms with Gasteiger partial charge in [-0.1, -0.05) is 0 Å². The van der Waals surface area contributed by atoms with Gasteiger partial charge in [-0.05, 0) is 55.0 Å². The molecule has 2 aliphatic rings. The number of amides is 1. The molecule has 0 saturated heterocycles. The standard InChI is InChI=1S/C19H22FN3O2.C2HF3O2/c1-22-18-15(10-21-22)8-9-23(17(18)12-25-11-13-2-3-13)19(24)14-4-6-16(20)7-5-14;3-2(4,5)1(6)7/h4-7,10,13,17H,2-3,8-9,11-12H2,1H3;(H,6,7). The number of carboxylic acids is 1. The molecule has 32 heavy (non-hydrogen) atoms. The van der Waals surface area contributed by atoms with Crippen LogP contribution in [-0.2, 0) is 23.0 Å². The number of hydrogen-bond acceptors (Lipinski definition) is 4. The summed E-state index contributed by atoms with van der Waals surface area (Å²) >= 11 is 0. The van der Waals surface area contributed by atoms with Gasteiger partial charge in [-0.25, -0.2) is 9.18 Å². The van der Waals surface area contributed by atoms with Crippen LogP contribution < -0.4 is 0 Å². The Bertz CT molecular complexity index is 955. The number of carboxylic acid groups (broad SMARTS) is 1. The van der Waals surface area contributed by atoms with Gasteiger partial charge in [0.15, 0.2) is 0 Å². The number of carbonyl (C=O) groups excluding carboxylic acids is 1. The summed E-state index contributed by atoms with van der Waals surface area (Å²) in [4.78, 5) is 23.7. The van der Waals surface area contributed by atoms with Crippen molar-refractivity contribution in [2.75, 3.05) is 19.8 Å². The van der Waals surface area contributed by atoms with Crippen LogP contribution in [-0.4, -0.2) is 57.6 Å². The van der Waals surface area contributed by atoms with Crippen molar-refractivity contribution in [2.24, 2.45) is 13.0 Å². The van der Waals surface area contributed by atoms with Crippen molar-refractivity contribution in [1.82, 2.24) is 14.7 Å². The molecule has 1 amide bonds. The summed E-state index contributed by atoms with van der Waals surface area (Å²) in [6.07, 6.45) is 0.0396. The monoisotopic (exact) mass is 457 g/mol. The van der Waals surface area contributed by atoms with Crippen molar-refractivity contribution in [3.63, 3.8) is 0 Å². The molecule has 1 aromatic carbocycles. The maximum Gasteiger partial charge on any atom is 0.490 e. The van der Waals surface area contributed by atoms with E-state index in [1.54, 1.807) is 12.1 Å². The van der Waals surface area contributed by atoms with Crippen LogP contribution in [0.25, 0.3) is 0 Å². The van der Waals surface area contributed by atoms with E-state index in [0.29, 0.717) is 24.6 Å². The van der Waals surface area contributed by atoms with Crippen molar-refractivity contribution in [3.05, 3.63) is 53.1 Å². The lowest BCUT2D eigenvalue weighted by Gasteiger charge is -2.36. The van der Waals surface area contributed by atoms with E-state index in [1.807, 2.05) is 22.8 Å². The van der Waals surface area contributed by atoms with Crippen LogP contribution in [0.15, 0.2) is 30.5 Å². The number of fused-ring (bicyclic) bond motifs is 1. The van der Waals surface area contributed by atoms with Crippen LogP contribution in [0.3, 0.4) is 0 Å². The van der Waals surface area contributed by atoms with E-state index in [2.05, 4.69) is 5.10 Å². The largest absolute Gasteiger partial charge is 0.490 e. The first kappa shape index (κ1) is 23.7. The van der Waals surface area contributed by atoms with Gasteiger partial charge in [-0.15, -0.1) is 0 Å². The molecule has 4 rings (SSSR count). The predicted molar refractivity (Wildman–Crippen MR) is 104 cm³/mol. The molecule has 1 aliphatic heterocycles. The summed E-state index contributed by atoms with van der Waals surface area (Å²) in [6.45, 7) is 1.84. The Morgan fingerprint density at radius 1 is 1.19 bits per heavy atom. The van der Waals surface area contributed by atoms with Crippen molar-refractivity contribution in [1.29, 1.82) is 0 Å². The normalized spacial score (nSPS) is 17.9. The van der Waals surface area contributed by atoms with Crippen LogP contribution in [0.2, 0.25) is 0 Å². The average Bonchev–Trinajstić information content (AvgIpc) is 3.49. The molecular weight excluding hydrogens is 434 g/mol. The van der Waals surface area contributed by atoms with Crippen LogP contribution in [0.4, 0.5) is 17.6 Å². The fourth-order valence-corrected chi connectivity index (χ4v) is 3.46. The third-order valence-corrected chi connectivity index (χ3v) is 5.30. The van der Waals surface area contributed by atoms with Crippen LogP contribution in [0.1, 0.15) is 40.5 Å². The fraction of sp³-hybridized carbons (Fsp3) is 0.476. The minimum Gasteiger partial charge on any atom is -0.475 e. The number of halogens is 4. The van der Waals surface area contributed by atoms with Gasteiger partial charge in [0.05, 0.1) is 24.5 Å². The van der Waals surface area contributed by atoms with Crippen LogP contribution in [0, 0.1) is 11.7 Å². The molecule has 0 spiro atoms. The lowest BCUT2D eigenvalue weighted by Crippen LogP contribution is -2.42. The van der Waals surface area contributed by atoms with Gasteiger partial charge in [0.1, 0.15) is 5.82 Å². The molecule has 1 saturated carbocycles. The summed E-state index contributed by atoms with van der Waals surface area (Å²) in [6, 6.07) is 5.57. The Morgan fingerprint density at radius 3 is 2.38 bits per heavy atom. The van der Waals surface area contributed by atoms with Gasteiger partial charge >= 0.3 is 12.1 Å². The zero-order chi connectivity index (χ0) is 23.5. The SMILES string of the molecule is Cn1ncc2c1C(COCC1CC1)N(C(=O)c1ccc(F)cc1)CC2.O=C(O)C(F)(F)F. The second-order valence-electron chi connectivity index (χ2n) is 7.73. The van der Waals surface area contributed by atoms with E-state index in [9.17, 15) is 22.4 Å². The molecule has 1 N–H and O–H groups in total. The highest BCUT2D eigenvalue weighted by molar-refractivity contribution is 5.94. The quantitative estimate of drug-likeness (QED) is 0.697. The Hall–Kier alpha value is -2.95. The second-order valence-corrected chi connectivity index (χ2v) is 7.73. The lowest BCUT2D eigenvalue weighted by atomic mass is 9.99. The average molecular weight is 457 g/mol. The van der Waals surface area contributed by atoms with Crippen LogP contribution in [0.5, 0.6) is 0 Å². The van der Waals surface area contributed by atoms with Gasteiger partial charge in [-0.2, -0.15) is 18.3 Å². The predicted octanol–water partition coefficient (Wildman–Crippen LogP) is 3.36. The van der Waals surface area contributed by atoms with E-state index >= 15 is 0 Å². The van der Waals surface area contributed by atoms with E-state index in [-0.39, 0.29) is 17.8 Å². The third-order valence-electron chi connectivity index (χ3n) is 5.30. The second kappa shape index (κ2) is 9.68. The number of carbonyl (C=O) groups is 2. The molecule has 174 valence electrons. The molecule has 1 aromatic heterocycles. The summed E-state index contributed by atoms with van der Waals surface area (Å²) in [7, 11) is 1.90. The first-order chi connectivity index (χ1) is 15.1. The Balaban J connectivity index is 0.000000360. The van der Waals surface area contributed by atoms with E-state index in [0.717, 1.165) is 18.7 Å². The summed E-state index contributed by atoms with van der Waals surface area (Å²) in [5.41, 5.74) is 2.71. The zero-order valence-electron chi connectivity index (χ0n) is 17.3. The van der Waals surface area contributed by atoms with Crippen molar-refractivity contribution >= 4 is 11.9 Å². The number of benzene rings is 1. The molecule has 0 bridgehead atoms. The molecule has 1 fully saturated rings. The molecule has 11 heteroatoms. The molecule has 1 aliphatic carbocycles. The summed E-state index contributed by atoms with van der Waals surface area (Å²) in [5.74, 6) is -2.51. The maximum absolute atomic E-state index is 13.2.